The molecule has 0 spiro atoms. The van der Waals surface area contributed by atoms with Crippen molar-refractivity contribution < 1.29 is 28.2 Å². The molecule has 3 aromatic rings. The van der Waals surface area contributed by atoms with E-state index in [1.54, 1.807) is 33.8 Å². The van der Waals surface area contributed by atoms with Crippen molar-refractivity contribution in [2.24, 2.45) is 0 Å². The molecule has 1 amide bonds. The molecule has 2 atom stereocenters. The Bertz CT molecular complexity index is 1290. The van der Waals surface area contributed by atoms with Crippen LogP contribution in [-0.2, 0) is 9.47 Å². The van der Waals surface area contributed by atoms with Gasteiger partial charge in [0.2, 0.25) is 0 Å². The number of thiophene rings is 1. The predicted molar refractivity (Wildman–Crippen MR) is 135 cm³/mol. The normalized spacial score (nSPS) is 17.6. The number of hydrogen-bond acceptors (Lipinski definition) is 9. The Labute approximate surface area is 212 Å². The van der Waals surface area contributed by atoms with Crippen molar-refractivity contribution in [2.45, 2.75) is 64.7 Å². The Morgan fingerprint density at radius 1 is 1.19 bits per heavy atom. The van der Waals surface area contributed by atoms with Gasteiger partial charge in [-0.25, -0.2) is 23.9 Å². The first-order valence-corrected chi connectivity index (χ1v) is 12.4. The molecule has 0 saturated heterocycles. The first-order valence-electron chi connectivity index (χ1n) is 11.6. The number of halogens is 1. The molecular weight excluding hydrogens is 487 g/mol. The summed E-state index contributed by atoms with van der Waals surface area (Å²) in [6.07, 6.45) is 2.78. The number of anilines is 2. The van der Waals surface area contributed by atoms with Gasteiger partial charge in [0.15, 0.2) is 0 Å². The number of carbonyl (C=O) groups is 2. The number of aryl methyl sites for hydroxylation is 1. The molecule has 2 heterocycles. The molecule has 2 unspecified atom stereocenters. The smallest absolute Gasteiger partial charge is 0.408 e. The molecule has 2 N–H and O–H groups in total. The van der Waals surface area contributed by atoms with Crippen molar-refractivity contribution in [1.29, 1.82) is 0 Å². The number of esters is 1. The van der Waals surface area contributed by atoms with Crippen LogP contribution in [0, 0.1) is 12.7 Å². The van der Waals surface area contributed by atoms with E-state index in [9.17, 15) is 14.0 Å². The molecule has 0 aliphatic heterocycles. The van der Waals surface area contributed by atoms with Gasteiger partial charge in [-0.15, -0.1) is 11.3 Å². The maximum atomic E-state index is 14.2. The van der Waals surface area contributed by atoms with E-state index < -0.39 is 23.5 Å². The molecule has 2 aromatic heterocycles. The fourth-order valence-electron chi connectivity index (χ4n) is 4.13. The minimum Gasteiger partial charge on any atom is -0.486 e. The third-order valence-electron chi connectivity index (χ3n) is 5.73. The van der Waals surface area contributed by atoms with Gasteiger partial charge in [-0.3, -0.25) is 0 Å². The van der Waals surface area contributed by atoms with Crippen LogP contribution in [0.5, 0.6) is 5.75 Å². The summed E-state index contributed by atoms with van der Waals surface area (Å²) in [6, 6.07) is 3.90. The number of methoxy groups -OCH3 is 1. The number of ether oxygens (including phenoxy) is 3. The molecule has 1 fully saturated rings. The number of rotatable bonds is 6. The lowest BCUT2D eigenvalue weighted by Gasteiger charge is -2.26. The number of nitrogens with one attached hydrogen (secondary N) is 2. The number of fused-ring (bicyclic) bond motifs is 1. The van der Waals surface area contributed by atoms with Gasteiger partial charge in [0.05, 0.1) is 24.2 Å². The Balaban J connectivity index is 1.59. The van der Waals surface area contributed by atoms with E-state index in [-0.39, 0.29) is 17.9 Å². The zero-order chi connectivity index (χ0) is 26.0. The van der Waals surface area contributed by atoms with Crippen LogP contribution in [0.2, 0.25) is 0 Å². The number of hydrogen-bond donors (Lipinski definition) is 2. The molecule has 1 aliphatic carbocycles. The molecule has 0 radical (unpaired) electrons. The molecule has 1 aliphatic rings. The van der Waals surface area contributed by atoms with E-state index >= 15 is 0 Å². The molecule has 11 heteroatoms. The third kappa shape index (κ3) is 5.67. The number of nitrogens with zero attached hydrogens (tertiary/aromatic N) is 2. The highest BCUT2D eigenvalue weighted by Gasteiger charge is 2.32. The number of aromatic nitrogens is 2. The minimum atomic E-state index is -0.616. The van der Waals surface area contributed by atoms with E-state index in [0.29, 0.717) is 38.6 Å². The predicted octanol–water partition coefficient (Wildman–Crippen LogP) is 5.49. The summed E-state index contributed by atoms with van der Waals surface area (Å²) in [6.45, 7) is 7.20. The van der Waals surface area contributed by atoms with Gasteiger partial charge in [0.25, 0.3) is 0 Å². The minimum absolute atomic E-state index is 0.275. The van der Waals surface area contributed by atoms with Crippen LogP contribution in [0.3, 0.4) is 0 Å². The van der Waals surface area contributed by atoms with Crippen molar-refractivity contribution in [3.63, 3.8) is 0 Å². The average Bonchev–Trinajstić information content (AvgIpc) is 3.38. The van der Waals surface area contributed by atoms with E-state index in [1.807, 2.05) is 0 Å². The fraction of sp³-hybridized carbons (Fsp3) is 0.440. The van der Waals surface area contributed by atoms with Gasteiger partial charge in [-0.1, -0.05) is 0 Å². The van der Waals surface area contributed by atoms with Gasteiger partial charge in [0, 0.05) is 6.07 Å². The number of benzene rings is 1. The van der Waals surface area contributed by atoms with Crippen LogP contribution >= 0.6 is 11.3 Å². The van der Waals surface area contributed by atoms with Crippen LogP contribution in [0.1, 0.15) is 55.3 Å². The Kier molecular flexibility index (Phi) is 7.30. The summed E-state index contributed by atoms with van der Waals surface area (Å²) in [4.78, 5) is 34.1. The number of carbonyl (C=O) groups excluding carboxylic acids is 2. The molecule has 9 nitrogen and oxygen atoms in total. The monoisotopic (exact) mass is 516 g/mol. The second-order valence-corrected chi connectivity index (χ2v) is 10.6. The topological polar surface area (TPSA) is 112 Å². The lowest BCUT2D eigenvalue weighted by atomic mass is 10.2. The van der Waals surface area contributed by atoms with Crippen LogP contribution < -0.4 is 15.4 Å². The summed E-state index contributed by atoms with van der Waals surface area (Å²) in [5.41, 5.74) is 0.561. The molecule has 1 saturated carbocycles. The van der Waals surface area contributed by atoms with Crippen molar-refractivity contribution in [1.82, 2.24) is 15.3 Å². The molecule has 4 rings (SSSR count). The highest BCUT2D eigenvalue weighted by Crippen LogP contribution is 2.37. The van der Waals surface area contributed by atoms with Crippen LogP contribution in [0.4, 0.5) is 20.7 Å². The third-order valence-corrected chi connectivity index (χ3v) is 6.91. The van der Waals surface area contributed by atoms with E-state index in [4.69, 9.17) is 14.2 Å². The maximum Gasteiger partial charge on any atom is 0.408 e. The summed E-state index contributed by atoms with van der Waals surface area (Å²) in [5.74, 6) is -0.171. The maximum absolute atomic E-state index is 14.2. The van der Waals surface area contributed by atoms with Crippen molar-refractivity contribution >= 4 is 45.1 Å². The van der Waals surface area contributed by atoms with Crippen LogP contribution in [0.15, 0.2) is 24.5 Å². The second kappa shape index (κ2) is 10.3. The standard InChI is InChI=1S/C25H29FN4O5S/c1-13-19-21(27-12-28-22(19)36-20(13)23(31)33-5)29-16-10-9-14(26)11-18(16)34-17-8-6-7-15(17)30-24(32)35-25(2,3)4/h9-12,15,17H,6-8H2,1-5H3,(H,30,32)(H,27,28,29). The van der Waals surface area contributed by atoms with E-state index in [0.717, 1.165) is 12.8 Å². The molecular formula is C25H29FN4O5S. The lowest BCUT2D eigenvalue weighted by Crippen LogP contribution is -2.44. The summed E-state index contributed by atoms with van der Waals surface area (Å²) >= 11 is 1.21. The molecule has 36 heavy (non-hydrogen) atoms. The second-order valence-electron chi connectivity index (χ2n) is 9.56. The number of amides is 1. The van der Waals surface area contributed by atoms with Crippen LogP contribution in [-0.4, -0.2) is 46.9 Å². The van der Waals surface area contributed by atoms with Crippen molar-refractivity contribution in [3.05, 3.63) is 40.8 Å². The van der Waals surface area contributed by atoms with Gasteiger partial charge in [-0.2, -0.15) is 0 Å². The lowest BCUT2D eigenvalue weighted by molar-refractivity contribution is 0.0463. The summed E-state index contributed by atoms with van der Waals surface area (Å²) in [5, 5.41) is 6.76. The first-order chi connectivity index (χ1) is 17.1. The largest absolute Gasteiger partial charge is 0.486 e. The highest BCUT2D eigenvalue weighted by molar-refractivity contribution is 7.20. The summed E-state index contributed by atoms with van der Waals surface area (Å²) in [7, 11) is 1.33. The molecule has 1 aromatic carbocycles. The van der Waals surface area contributed by atoms with Gasteiger partial charge >= 0.3 is 12.1 Å². The molecule has 0 bridgehead atoms. The SMILES string of the molecule is COC(=O)c1sc2ncnc(Nc3ccc(F)cc3OC3CCCC3NC(=O)OC(C)(C)C)c2c1C. The quantitative estimate of drug-likeness (QED) is 0.414. The zero-order valence-electron chi connectivity index (χ0n) is 20.8. The highest BCUT2D eigenvalue weighted by atomic mass is 32.1. The van der Waals surface area contributed by atoms with E-state index in [1.165, 1.54) is 36.9 Å². The average molecular weight is 517 g/mol. The Morgan fingerprint density at radius 2 is 1.97 bits per heavy atom. The Morgan fingerprint density at radius 3 is 2.69 bits per heavy atom. The summed E-state index contributed by atoms with van der Waals surface area (Å²) < 4.78 is 30.7. The van der Waals surface area contributed by atoms with Gasteiger partial charge < -0.3 is 24.8 Å². The first kappa shape index (κ1) is 25.6. The van der Waals surface area contributed by atoms with Gasteiger partial charge in [-0.05, 0) is 64.7 Å². The number of alkyl carbamates (subject to hydrolysis) is 1. The van der Waals surface area contributed by atoms with E-state index in [2.05, 4.69) is 20.6 Å². The van der Waals surface area contributed by atoms with Crippen molar-refractivity contribution in [2.75, 3.05) is 12.4 Å². The fourth-order valence-corrected chi connectivity index (χ4v) is 5.20. The van der Waals surface area contributed by atoms with Crippen LogP contribution in [0.25, 0.3) is 10.2 Å². The van der Waals surface area contributed by atoms with Crippen molar-refractivity contribution in [3.8, 4) is 5.75 Å². The molecule has 192 valence electrons. The Hall–Kier alpha value is -3.47. The zero-order valence-corrected chi connectivity index (χ0v) is 21.6. The van der Waals surface area contributed by atoms with Gasteiger partial charge in [0.1, 0.15) is 45.1 Å².